The zero-order chi connectivity index (χ0) is 14.8. The van der Waals surface area contributed by atoms with Crippen molar-refractivity contribution in [3.8, 4) is 10.8 Å². The van der Waals surface area contributed by atoms with E-state index in [0.29, 0.717) is 12.1 Å². The van der Waals surface area contributed by atoms with E-state index in [1.54, 1.807) is 11.3 Å². The molecule has 3 nitrogen and oxygen atoms in total. The van der Waals surface area contributed by atoms with Gasteiger partial charge in [-0.3, -0.25) is 4.90 Å². The van der Waals surface area contributed by atoms with Crippen molar-refractivity contribution in [2.45, 2.75) is 65.1 Å². The predicted molar refractivity (Wildman–Crippen MR) is 87.5 cm³/mol. The van der Waals surface area contributed by atoms with E-state index in [9.17, 15) is 0 Å². The summed E-state index contributed by atoms with van der Waals surface area (Å²) in [6.45, 7) is 7.51. The molecule has 2 heterocycles. The van der Waals surface area contributed by atoms with Gasteiger partial charge in [-0.2, -0.15) is 0 Å². The van der Waals surface area contributed by atoms with Gasteiger partial charge in [-0.25, -0.2) is 4.98 Å². The van der Waals surface area contributed by atoms with Crippen LogP contribution in [0.5, 0.6) is 0 Å². The molecule has 0 aromatic carbocycles. The standard InChI is InChI=1S/C17H24N2OS/c1-12(2)19(14-7-4-5-8-14)11-15-13(3)20-17(18-15)16-9-6-10-21-16/h6,9-10,12,14H,4-5,7-8,11H2,1-3H3. The molecule has 114 valence electrons. The average molecular weight is 304 g/mol. The molecular weight excluding hydrogens is 280 g/mol. The highest BCUT2D eigenvalue weighted by atomic mass is 32.1. The second-order valence-electron chi connectivity index (χ2n) is 6.20. The molecule has 0 atom stereocenters. The highest BCUT2D eigenvalue weighted by molar-refractivity contribution is 7.13. The molecule has 0 saturated heterocycles. The van der Waals surface area contributed by atoms with Crippen LogP contribution >= 0.6 is 11.3 Å². The van der Waals surface area contributed by atoms with Crippen LogP contribution in [0.15, 0.2) is 21.9 Å². The number of nitrogens with zero attached hydrogens (tertiary/aromatic N) is 2. The minimum Gasteiger partial charge on any atom is -0.440 e. The molecule has 0 amide bonds. The Morgan fingerprint density at radius 1 is 1.38 bits per heavy atom. The first-order valence-electron chi connectivity index (χ1n) is 7.91. The third kappa shape index (κ3) is 3.22. The fourth-order valence-electron chi connectivity index (χ4n) is 3.22. The normalized spacial score (nSPS) is 16.4. The highest BCUT2D eigenvalue weighted by Gasteiger charge is 2.26. The van der Waals surface area contributed by atoms with Gasteiger partial charge in [0.05, 0.1) is 10.6 Å². The summed E-state index contributed by atoms with van der Waals surface area (Å²) in [4.78, 5) is 8.45. The maximum Gasteiger partial charge on any atom is 0.236 e. The molecule has 0 N–H and O–H groups in total. The Bertz CT molecular complexity index is 568. The molecule has 1 fully saturated rings. The van der Waals surface area contributed by atoms with Crippen LogP contribution in [-0.2, 0) is 6.54 Å². The SMILES string of the molecule is Cc1oc(-c2cccs2)nc1CN(C(C)C)C1CCCC1. The Balaban J connectivity index is 1.79. The Labute approximate surface area is 131 Å². The molecule has 2 aromatic rings. The lowest BCUT2D eigenvalue weighted by atomic mass is 10.1. The van der Waals surface area contributed by atoms with E-state index in [0.717, 1.165) is 28.8 Å². The first-order valence-corrected chi connectivity index (χ1v) is 8.79. The molecule has 0 radical (unpaired) electrons. The maximum atomic E-state index is 5.87. The summed E-state index contributed by atoms with van der Waals surface area (Å²) in [6, 6.07) is 5.37. The van der Waals surface area contributed by atoms with E-state index in [-0.39, 0.29) is 0 Å². The quantitative estimate of drug-likeness (QED) is 0.789. The van der Waals surface area contributed by atoms with Gasteiger partial charge in [0.15, 0.2) is 0 Å². The van der Waals surface area contributed by atoms with Crippen LogP contribution < -0.4 is 0 Å². The second-order valence-corrected chi connectivity index (χ2v) is 7.15. The number of thiophene rings is 1. The van der Waals surface area contributed by atoms with Gasteiger partial charge in [0.25, 0.3) is 0 Å². The Morgan fingerprint density at radius 3 is 2.76 bits per heavy atom. The molecule has 1 aliphatic rings. The number of aromatic nitrogens is 1. The smallest absolute Gasteiger partial charge is 0.236 e. The monoisotopic (exact) mass is 304 g/mol. The van der Waals surface area contributed by atoms with E-state index < -0.39 is 0 Å². The summed E-state index contributed by atoms with van der Waals surface area (Å²) in [5, 5.41) is 2.06. The highest BCUT2D eigenvalue weighted by Crippen LogP contribution is 2.29. The molecule has 4 heteroatoms. The van der Waals surface area contributed by atoms with Crippen molar-refractivity contribution < 1.29 is 4.42 Å². The average Bonchev–Trinajstić information content (AvgIpc) is 3.18. The van der Waals surface area contributed by atoms with Crippen molar-refractivity contribution >= 4 is 11.3 Å². The van der Waals surface area contributed by atoms with Gasteiger partial charge in [-0.15, -0.1) is 11.3 Å². The zero-order valence-electron chi connectivity index (χ0n) is 13.1. The van der Waals surface area contributed by atoms with Crippen molar-refractivity contribution in [3.63, 3.8) is 0 Å². The van der Waals surface area contributed by atoms with Crippen molar-refractivity contribution in [2.24, 2.45) is 0 Å². The van der Waals surface area contributed by atoms with Crippen LogP contribution in [0.25, 0.3) is 10.8 Å². The van der Waals surface area contributed by atoms with Gasteiger partial charge in [0.1, 0.15) is 5.76 Å². The summed E-state index contributed by atoms with van der Waals surface area (Å²) in [7, 11) is 0. The summed E-state index contributed by atoms with van der Waals surface area (Å²) >= 11 is 1.68. The molecule has 2 aromatic heterocycles. The lowest BCUT2D eigenvalue weighted by Crippen LogP contribution is -2.38. The van der Waals surface area contributed by atoms with Crippen molar-refractivity contribution in [1.29, 1.82) is 0 Å². The maximum absolute atomic E-state index is 5.87. The van der Waals surface area contributed by atoms with Crippen LogP contribution in [0.3, 0.4) is 0 Å². The lowest BCUT2D eigenvalue weighted by Gasteiger charge is -2.31. The Morgan fingerprint density at radius 2 is 2.14 bits per heavy atom. The topological polar surface area (TPSA) is 29.3 Å². The molecule has 0 bridgehead atoms. The van der Waals surface area contributed by atoms with E-state index in [1.165, 1.54) is 25.7 Å². The number of oxazole rings is 1. The van der Waals surface area contributed by atoms with Crippen LogP contribution in [-0.4, -0.2) is 22.0 Å². The summed E-state index contributed by atoms with van der Waals surface area (Å²) in [6.07, 6.45) is 5.39. The fraction of sp³-hybridized carbons (Fsp3) is 0.588. The largest absolute Gasteiger partial charge is 0.440 e. The fourth-order valence-corrected chi connectivity index (χ4v) is 3.87. The van der Waals surface area contributed by atoms with E-state index in [1.807, 2.05) is 13.0 Å². The van der Waals surface area contributed by atoms with Crippen LogP contribution in [0, 0.1) is 6.92 Å². The van der Waals surface area contributed by atoms with Crippen LogP contribution in [0.4, 0.5) is 0 Å². The molecule has 1 saturated carbocycles. The minimum absolute atomic E-state index is 0.550. The number of aryl methyl sites for hydroxylation is 1. The molecular formula is C17H24N2OS. The summed E-state index contributed by atoms with van der Waals surface area (Å²) in [5.74, 6) is 1.73. The van der Waals surface area contributed by atoms with Gasteiger partial charge in [0, 0.05) is 18.6 Å². The van der Waals surface area contributed by atoms with E-state index in [4.69, 9.17) is 9.40 Å². The van der Waals surface area contributed by atoms with Gasteiger partial charge >= 0.3 is 0 Å². The molecule has 0 unspecified atom stereocenters. The van der Waals surface area contributed by atoms with Crippen LogP contribution in [0.1, 0.15) is 51.0 Å². The molecule has 0 aliphatic heterocycles. The van der Waals surface area contributed by atoms with Gasteiger partial charge in [-0.05, 0) is 45.1 Å². The van der Waals surface area contributed by atoms with Crippen molar-refractivity contribution in [1.82, 2.24) is 9.88 Å². The summed E-state index contributed by atoms with van der Waals surface area (Å²) < 4.78 is 5.87. The van der Waals surface area contributed by atoms with E-state index in [2.05, 4.69) is 30.2 Å². The van der Waals surface area contributed by atoms with E-state index >= 15 is 0 Å². The molecule has 0 spiro atoms. The number of rotatable bonds is 5. The number of hydrogen-bond donors (Lipinski definition) is 0. The second kappa shape index (κ2) is 6.32. The third-order valence-electron chi connectivity index (χ3n) is 4.41. The summed E-state index contributed by atoms with van der Waals surface area (Å²) in [5.41, 5.74) is 1.10. The first-order chi connectivity index (χ1) is 10.1. The van der Waals surface area contributed by atoms with Crippen molar-refractivity contribution in [2.75, 3.05) is 0 Å². The number of hydrogen-bond acceptors (Lipinski definition) is 4. The van der Waals surface area contributed by atoms with Crippen LogP contribution in [0.2, 0.25) is 0 Å². The van der Waals surface area contributed by atoms with Gasteiger partial charge < -0.3 is 4.42 Å². The molecule has 3 rings (SSSR count). The van der Waals surface area contributed by atoms with Gasteiger partial charge in [0.2, 0.25) is 5.89 Å². The molecule has 21 heavy (non-hydrogen) atoms. The third-order valence-corrected chi connectivity index (χ3v) is 5.27. The Kier molecular flexibility index (Phi) is 4.45. The Hall–Kier alpha value is -1.13. The molecule has 1 aliphatic carbocycles. The minimum atomic E-state index is 0.550. The zero-order valence-corrected chi connectivity index (χ0v) is 13.9. The van der Waals surface area contributed by atoms with Crippen molar-refractivity contribution in [3.05, 3.63) is 29.0 Å². The lowest BCUT2D eigenvalue weighted by molar-refractivity contribution is 0.144. The first kappa shape index (κ1) is 14.8. The predicted octanol–water partition coefficient (Wildman–Crippen LogP) is 4.86. The van der Waals surface area contributed by atoms with Gasteiger partial charge in [-0.1, -0.05) is 18.9 Å².